The van der Waals surface area contributed by atoms with E-state index in [0.717, 1.165) is 5.56 Å². The van der Waals surface area contributed by atoms with Crippen LogP contribution in [0.15, 0.2) is 18.2 Å². The third kappa shape index (κ3) is 5.05. The number of carbonyl (C=O) groups excluding carboxylic acids is 1. The van der Waals surface area contributed by atoms with Crippen molar-refractivity contribution in [3.63, 3.8) is 0 Å². The minimum atomic E-state index is -1.12. The van der Waals surface area contributed by atoms with E-state index < -0.39 is 18.0 Å². The fourth-order valence-corrected chi connectivity index (χ4v) is 1.34. The monoisotopic (exact) mass is 269 g/mol. The lowest BCUT2D eigenvalue weighted by atomic mass is 10.1. The molecule has 1 aromatic rings. The highest BCUT2D eigenvalue weighted by molar-refractivity contribution is 5.78. The van der Waals surface area contributed by atoms with Crippen molar-refractivity contribution in [3.8, 4) is 0 Å². The van der Waals surface area contributed by atoms with E-state index in [4.69, 9.17) is 9.84 Å². The quantitative estimate of drug-likeness (QED) is 0.814. The minimum Gasteiger partial charge on any atom is -0.479 e. The van der Waals surface area contributed by atoms with Gasteiger partial charge in [0.2, 0.25) is 5.91 Å². The van der Waals surface area contributed by atoms with Gasteiger partial charge < -0.3 is 15.2 Å². The summed E-state index contributed by atoms with van der Waals surface area (Å²) in [5.74, 6) is -1.84. The Bertz CT molecular complexity index is 476. The third-order valence-electron chi connectivity index (χ3n) is 2.52. The number of rotatable bonds is 6. The van der Waals surface area contributed by atoms with Crippen molar-refractivity contribution in [1.29, 1.82) is 0 Å². The third-order valence-corrected chi connectivity index (χ3v) is 2.52. The normalized spacial score (nSPS) is 11.9. The summed E-state index contributed by atoms with van der Waals surface area (Å²) in [6.07, 6.45) is -1.03. The Kier molecular flexibility index (Phi) is 5.44. The van der Waals surface area contributed by atoms with Gasteiger partial charge in [0.15, 0.2) is 6.10 Å². The summed E-state index contributed by atoms with van der Waals surface area (Å²) in [6, 6.07) is 4.54. The molecule has 0 saturated heterocycles. The van der Waals surface area contributed by atoms with E-state index in [1.165, 1.54) is 13.0 Å². The summed E-state index contributed by atoms with van der Waals surface area (Å²) in [7, 11) is 0. The first kappa shape index (κ1) is 15.1. The Balaban J connectivity index is 2.37. The molecular formula is C13H16FNO4. The topological polar surface area (TPSA) is 75.6 Å². The van der Waals surface area contributed by atoms with Crippen LogP contribution in [0.25, 0.3) is 0 Å². The zero-order valence-electron chi connectivity index (χ0n) is 10.8. The van der Waals surface area contributed by atoms with E-state index >= 15 is 0 Å². The lowest BCUT2D eigenvalue weighted by Crippen LogP contribution is -2.31. The molecule has 0 aromatic heterocycles. The number of nitrogens with one attached hydrogen (secondary N) is 1. The highest BCUT2D eigenvalue weighted by atomic mass is 19.1. The molecule has 0 aliphatic rings. The average Bonchev–Trinajstić information content (AvgIpc) is 2.37. The van der Waals surface area contributed by atoms with Crippen molar-refractivity contribution < 1.29 is 23.8 Å². The van der Waals surface area contributed by atoms with Crippen LogP contribution >= 0.6 is 0 Å². The van der Waals surface area contributed by atoms with Gasteiger partial charge in [-0.25, -0.2) is 9.18 Å². The number of carboxylic acids is 1. The van der Waals surface area contributed by atoms with Gasteiger partial charge in [-0.15, -0.1) is 0 Å². The molecule has 1 rings (SSSR count). The molecule has 1 amide bonds. The molecule has 104 valence electrons. The largest absolute Gasteiger partial charge is 0.479 e. The first-order chi connectivity index (χ1) is 8.90. The van der Waals surface area contributed by atoms with Crippen molar-refractivity contribution in [2.45, 2.75) is 26.5 Å². The lowest BCUT2D eigenvalue weighted by Gasteiger charge is -2.09. The van der Waals surface area contributed by atoms with E-state index in [-0.39, 0.29) is 19.0 Å². The zero-order valence-corrected chi connectivity index (χ0v) is 10.8. The Labute approximate surface area is 110 Å². The smallest absolute Gasteiger partial charge is 0.332 e. The van der Waals surface area contributed by atoms with E-state index in [9.17, 15) is 14.0 Å². The van der Waals surface area contributed by atoms with Crippen LogP contribution in [0.5, 0.6) is 0 Å². The van der Waals surface area contributed by atoms with Gasteiger partial charge in [-0.1, -0.05) is 12.1 Å². The van der Waals surface area contributed by atoms with Gasteiger partial charge in [-0.05, 0) is 31.0 Å². The average molecular weight is 269 g/mol. The zero-order chi connectivity index (χ0) is 14.4. The van der Waals surface area contributed by atoms with Crippen LogP contribution in [-0.2, 0) is 20.9 Å². The maximum Gasteiger partial charge on any atom is 0.332 e. The maximum atomic E-state index is 13.0. The van der Waals surface area contributed by atoms with E-state index in [0.29, 0.717) is 5.56 Å². The highest BCUT2D eigenvalue weighted by Crippen LogP contribution is 2.08. The van der Waals surface area contributed by atoms with Gasteiger partial charge in [0.1, 0.15) is 12.4 Å². The predicted octanol–water partition coefficient (Wildman–Crippen LogP) is 1.24. The molecule has 1 atom stereocenters. The van der Waals surface area contributed by atoms with Gasteiger partial charge in [0.05, 0.1) is 0 Å². The van der Waals surface area contributed by atoms with Crippen LogP contribution in [0, 0.1) is 12.7 Å². The first-order valence-corrected chi connectivity index (χ1v) is 5.76. The molecule has 0 saturated carbocycles. The number of hydrogen-bond acceptors (Lipinski definition) is 3. The highest BCUT2D eigenvalue weighted by Gasteiger charge is 2.13. The van der Waals surface area contributed by atoms with Gasteiger partial charge in [0, 0.05) is 6.54 Å². The lowest BCUT2D eigenvalue weighted by molar-refractivity contribution is -0.150. The first-order valence-electron chi connectivity index (χ1n) is 5.76. The van der Waals surface area contributed by atoms with Crippen molar-refractivity contribution in [2.24, 2.45) is 0 Å². The van der Waals surface area contributed by atoms with Crippen molar-refractivity contribution >= 4 is 11.9 Å². The molecule has 0 aliphatic carbocycles. The maximum absolute atomic E-state index is 13.0. The number of hydrogen-bond donors (Lipinski definition) is 2. The van der Waals surface area contributed by atoms with Crippen LogP contribution < -0.4 is 5.32 Å². The molecule has 0 spiro atoms. The standard InChI is InChI=1S/C13H16FNO4/c1-8-5-10(3-4-11(8)14)6-15-12(16)7-19-9(2)13(17)18/h3-5,9H,6-7H2,1-2H3,(H,15,16)(H,17,18)/t9-/m1/s1. The number of carboxylic acid groups (broad SMARTS) is 1. The summed E-state index contributed by atoms with van der Waals surface area (Å²) in [4.78, 5) is 21.9. The second-order valence-corrected chi connectivity index (χ2v) is 4.15. The Hall–Kier alpha value is -1.95. The number of aryl methyl sites for hydroxylation is 1. The van der Waals surface area contributed by atoms with Crippen LogP contribution in [-0.4, -0.2) is 29.7 Å². The van der Waals surface area contributed by atoms with E-state index in [2.05, 4.69) is 5.32 Å². The Morgan fingerprint density at radius 3 is 2.74 bits per heavy atom. The SMILES string of the molecule is Cc1cc(CNC(=O)CO[C@H](C)C(=O)O)ccc1F. The summed E-state index contributed by atoms with van der Waals surface area (Å²) in [5, 5.41) is 11.1. The molecule has 1 aromatic carbocycles. The van der Waals surface area contributed by atoms with Crippen molar-refractivity contribution in [1.82, 2.24) is 5.32 Å². The molecule has 6 heteroatoms. The van der Waals surface area contributed by atoms with Crippen LogP contribution in [0.1, 0.15) is 18.1 Å². The summed E-state index contributed by atoms with van der Waals surface area (Å²) in [6.45, 7) is 2.90. The second-order valence-electron chi connectivity index (χ2n) is 4.15. The molecule has 0 unspecified atom stereocenters. The second kappa shape index (κ2) is 6.84. The number of halogens is 1. The Morgan fingerprint density at radius 1 is 1.47 bits per heavy atom. The molecule has 0 bridgehead atoms. The summed E-state index contributed by atoms with van der Waals surface area (Å²) >= 11 is 0. The summed E-state index contributed by atoms with van der Waals surface area (Å²) in [5.41, 5.74) is 1.26. The number of amides is 1. The Morgan fingerprint density at radius 2 is 2.16 bits per heavy atom. The van der Waals surface area contributed by atoms with Crippen LogP contribution in [0.2, 0.25) is 0 Å². The number of benzene rings is 1. The van der Waals surface area contributed by atoms with Gasteiger partial charge >= 0.3 is 5.97 Å². The predicted molar refractivity (Wildman–Crippen MR) is 66.0 cm³/mol. The van der Waals surface area contributed by atoms with E-state index in [1.807, 2.05) is 0 Å². The number of ether oxygens (including phenoxy) is 1. The molecule has 0 fully saturated rings. The van der Waals surface area contributed by atoms with Gasteiger partial charge in [-0.3, -0.25) is 4.79 Å². The van der Waals surface area contributed by atoms with Crippen LogP contribution in [0.3, 0.4) is 0 Å². The fourth-order valence-electron chi connectivity index (χ4n) is 1.34. The fraction of sp³-hybridized carbons (Fsp3) is 0.385. The minimum absolute atomic E-state index is 0.241. The molecule has 0 heterocycles. The van der Waals surface area contributed by atoms with E-state index in [1.54, 1.807) is 19.1 Å². The van der Waals surface area contributed by atoms with Gasteiger partial charge in [-0.2, -0.15) is 0 Å². The van der Waals surface area contributed by atoms with Crippen LogP contribution in [0.4, 0.5) is 4.39 Å². The molecule has 0 radical (unpaired) electrons. The molecular weight excluding hydrogens is 253 g/mol. The number of aliphatic carboxylic acids is 1. The summed E-state index contributed by atoms with van der Waals surface area (Å²) < 4.78 is 17.8. The van der Waals surface area contributed by atoms with Crippen molar-refractivity contribution in [3.05, 3.63) is 35.1 Å². The van der Waals surface area contributed by atoms with Gasteiger partial charge in [0.25, 0.3) is 0 Å². The molecule has 0 aliphatic heterocycles. The molecule has 19 heavy (non-hydrogen) atoms. The number of carbonyl (C=O) groups is 2. The molecule has 2 N–H and O–H groups in total. The van der Waals surface area contributed by atoms with Crippen molar-refractivity contribution in [2.75, 3.05) is 6.61 Å². The molecule has 5 nitrogen and oxygen atoms in total.